The van der Waals surface area contributed by atoms with E-state index in [0.717, 1.165) is 32.5 Å². The Morgan fingerprint density at radius 2 is 2.00 bits per heavy atom. The maximum absolute atomic E-state index is 13.2. The average molecular weight is 312 g/mol. The first kappa shape index (κ1) is 16.5. The van der Waals surface area contributed by atoms with Gasteiger partial charge in [-0.25, -0.2) is 0 Å². The number of rotatable bonds is 6. The second-order valence-electron chi connectivity index (χ2n) is 6.07. The van der Waals surface area contributed by atoms with Crippen molar-refractivity contribution < 1.29 is 4.79 Å². The van der Waals surface area contributed by atoms with Crippen LogP contribution in [0.1, 0.15) is 63.4 Å². The van der Waals surface area contributed by atoms with E-state index in [9.17, 15) is 4.79 Å². The van der Waals surface area contributed by atoms with E-state index in [1.165, 1.54) is 19.3 Å². The Labute approximate surface area is 132 Å². The molecule has 1 fully saturated rings. The quantitative estimate of drug-likeness (QED) is 0.750. The number of halogens is 1. The summed E-state index contributed by atoms with van der Waals surface area (Å²) in [6.45, 7) is 8.94. The highest BCUT2D eigenvalue weighted by atomic mass is 35.5. The molecule has 0 aromatic carbocycles. The van der Waals surface area contributed by atoms with Crippen LogP contribution < -0.4 is 0 Å². The minimum Gasteiger partial charge on any atom is -0.291 e. The van der Waals surface area contributed by atoms with Gasteiger partial charge in [-0.15, -0.1) is 0 Å². The molecular formula is C16H26ClN3O. The standard InChI is InChI=1S/C16H26ClN3O/c1-4-9-20-14(13(17)12-18-20)15(21)16(3,5-2)19-10-7-6-8-11-19/h12H,4-11H2,1-3H3. The van der Waals surface area contributed by atoms with Crippen molar-refractivity contribution in [1.82, 2.24) is 14.7 Å². The lowest BCUT2D eigenvalue weighted by Crippen LogP contribution is -2.54. The van der Waals surface area contributed by atoms with E-state index in [2.05, 4.69) is 30.8 Å². The van der Waals surface area contributed by atoms with Crippen molar-refractivity contribution >= 4 is 17.4 Å². The second-order valence-corrected chi connectivity index (χ2v) is 6.48. The van der Waals surface area contributed by atoms with Crippen molar-refractivity contribution in [1.29, 1.82) is 0 Å². The largest absolute Gasteiger partial charge is 0.291 e. The van der Waals surface area contributed by atoms with Crippen molar-refractivity contribution in [2.75, 3.05) is 13.1 Å². The van der Waals surface area contributed by atoms with Gasteiger partial charge < -0.3 is 0 Å². The van der Waals surface area contributed by atoms with Gasteiger partial charge in [-0.05, 0) is 45.7 Å². The highest BCUT2D eigenvalue weighted by molar-refractivity contribution is 6.34. The fraction of sp³-hybridized carbons (Fsp3) is 0.750. The number of likely N-dealkylation sites (tertiary alicyclic amines) is 1. The number of carbonyl (C=O) groups is 1. The van der Waals surface area contributed by atoms with Crippen LogP contribution in [-0.4, -0.2) is 39.1 Å². The number of piperidine rings is 1. The number of hydrogen-bond donors (Lipinski definition) is 0. The Balaban J connectivity index is 2.33. The predicted octanol–water partition coefficient (Wildman–Crippen LogP) is 3.78. The maximum atomic E-state index is 13.2. The SMILES string of the molecule is CCCn1ncc(Cl)c1C(=O)C(C)(CC)N1CCCCC1. The summed E-state index contributed by atoms with van der Waals surface area (Å²) in [6, 6.07) is 0. The van der Waals surface area contributed by atoms with Crippen molar-refractivity contribution in [2.24, 2.45) is 0 Å². The molecule has 0 saturated carbocycles. The Hall–Kier alpha value is -0.870. The molecule has 1 atom stereocenters. The number of ketones is 1. The van der Waals surface area contributed by atoms with E-state index in [1.807, 2.05) is 0 Å². The summed E-state index contributed by atoms with van der Waals surface area (Å²) >= 11 is 6.25. The van der Waals surface area contributed by atoms with Crippen molar-refractivity contribution in [2.45, 2.75) is 65.0 Å². The summed E-state index contributed by atoms with van der Waals surface area (Å²) in [5.41, 5.74) is 0.101. The van der Waals surface area contributed by atoms with Crippen LogP contribution in [0.5, 0.6) is 0 Å². The Kier molecular flexibility index (Phi) is 5.44. The lowest BCUT2D eigenvalue weighted by Gasteiger charge is -2.41. The van der Waals surface area contributed by atoms with Gasteiger partial charge >= 0.3 is 0 Å². The molecule has 118 valence electrons. The molecule has 0 N–H and O–H groups in total. The molecule has 1 aliphatic rings. The molecule has 0 aliphatic carbocycles. The fourth-order valence-corrected chi connectivity index (χ4v) is 3.37. The van der Waals surface area contributed by atoms with Crippen molar-refractivity contribution in [3.8, 4) is 0 Å². The molecular weight excluding hydrogens is 286 g/mol. The molecule has 1 aliphatic heterocycles. The van der Waals surface area contributed by atoms with E-state index in [4.69, 9.17) is 11.6 Å². The minimum atomic E-state index is -0.477. The monoisotopic (exact) mass is 311 g/mol. The highest BCUT2D eigenvalue weighted by Crippen LogP contribution is 2.30. The Morgan fingerprint density at radius 3 is 2.57 bits per heavy atom. The van der Waals surface area contributed by atoms with Gasteiger partial charge in [-0.1, -0.05) is 31.9 Å². The number of carbonyl (C=O) groups excluding carboxylic acids is 1. The number of Topliss-reactive ketones (excluding diaryl/α,β-unsaturated/α-hetero) is 1. The minimum absolute atomic E-state index is 0.114. The van der Waals surface area contributed by atoms with Crippen LogP contribution in [0.25, 0.3) is 0 Å². The van der Waals surface area contributed by atoms with Crippen molar-refractivity contribution in [3.05, 3.63) is 16.9 Å². The molecule has 0 amide bonds. The van der Waals surface area contributed by atoms with Crippen molar-refractivity contribution in [3.63, 3.8) is 0 Å². The predicted molar refractivity (Wildman–Crippen MR) is 86.0 cm³/mol. The van der Waals surface area contributed by atoms with Crippen LogP contribution >= 0.6 is 11.6 Å². The third-order valence-electron chi connectivity index (χ3n) is 4.68. The molecule has 4 nitrogen and oxygen atoms in total. The summed E-state index contributed by atoms with van der Waals surface area (Å²) in [5.74, 6) is 0.114. The first-order chi connectivity index (χ1) is 10.0. The van der Waals surface area contributed by atoms with E-state index in [0.29, 0.717) is 10.7 Å². The maximum Gasteiger partial charge on any atom is 0.202 e. The van der Waals surface area contributed by atoms with E-state index in [-0.39, 0.29) is 5.78 Å². The third-order valence-corrected chi connectivity index (χ3v) is 4.95. The Bertz CT molecular complexity index is 494. The first-order valence-electron chi connectivity index (χ1n) is 8.05. The smallest absolute Gasteiger partial charge is 0.202 e. The molecule has 1 saturated heterocycles. The van der Waals surface area contributed by atoms with Crippen LogP contribution in [0.3, 0.4) is 0 Å². The lowest BCUT2D eigenvalue weighted by atomic mass is 9.87. The number of nitrogens with zero attached hydrogens (tertiary/aromatic N) is 3. The van der Waals surface area contributed by atoms with Gasteiger partial charge in [0.25, 0.3) is 0 Å². The van der Waals surface area contributed by atoms with Crippen LogP contribution in [-0.2, 0) is 6.54 Å². The van der Waals surface area contributed by atoms with Gasteiger partial charge in [-0.2, -0.15) is 5.10 Å². The molecule has 1 aromatic heterocycles. The normalized spacial score (nSPS) is 19.4. The summed E-state index contributed by atoms with van der Waals surface area (Å²) in [6.07, 6.45) is 6.93. The second kappa shape index (κ2) is 6.93. The number of aromatic nitrogens is 2. The van der Waals surface area contributed by atoms with Gasteiger partial charge in [-0.3, -0.25) is 14.4 Å². The zero-order valence-electron chi connectivity index (χ0n) is 13.4. The van der Waals surface area contributed by atoms with Gasteiger partial charge in [0.1, 0.15) is 5.69 Å². The molecule has 5 heteroatoms. The molecule has 21 heavy (non-hydrogen) atoms. The number of aryl methyl sites for hydroxylation is 1. The first-order valence-corrected chi connectivity index (χ1v) is 8.43. The van der Waals surface area contributed by atoms with Crippen LogP contribution in [0.2, 0.25) is 5.02 Å². The van der Waals surface area contributed by atoms with Crippen LogP contribution in [0.4, 0.5) is 0 Å². The highest BCUT2D eigenvalue weighted by Gasteiger charge is 2.40. The van der Waals surface area contributed by atoms with E-state index in [1.54, 1.807) is 10.9 Å². The summed E-state index contributed by atoms with van der Waals surface area (Å²) in [4.78, 5) is 15.5. The molecule has 2 heterocycles. The molecule has 0 spiro atoms. The van der Waals surface area contributed by atoms with Gasteiger partial charge in [0.2, 0.25) is 5.78 Å². The summed E-state index contributed by atoms with van der Waals surface area (Å²) in [7, 11) is 0. The fourth-order valence-electron chi connectivity index (χ4n) is 3.14. The molecule has 0 radical (unpaired) electrons. The van der Waals surface area contributed by atoms with E-state index < -0.39 is 5.54 Å². The average Bonchev–Trinajstić information content (AvgIpc) is 2.87. The Morgan fingerprint density at radius 1 is 1.33 bits per heavy atom. The van der Waals surface area contributed by atoms with Gasteiger partial charge in [0.15, 0.2) is 0 Å². The zero-order valence-corrected chi connectivity index (χ0v) is 14.1. The zero-order chi connectivity index (χ0) is 15.5. The van der Waals surface area contributed by atoms with Gasteiger partial charge in [0, 0.05) is 6.54 Å². The van der Waals surface area contributed by atoms with Crippen LogP contribution in [0, 0.1) is 0 Å². The summed E-state index contributed by atoms with van der Waals surface area (Å²) in [5, 5.41) is 4.74. The number of hydrogen-bond acceptors (Lipinski definition) is 3. The third kappa shape index (κ3) is 3.16. The molecule has 1 unspecified atom stereocenters. The van der Waals surface area contributed by atoms with Crippen LogP contribution in [0.15, 0.2) is 6.20 Å². The molecule has 1 aromatic rings. The summed E-state index contributed by atoms with van der Waals surface area (Å²) < 4.78 is 1.77. The van der Waals surface area contributed by atoms with E-state index >= 15 is 0 Å². The molecule has 2 rings (SSSR count). The lowest BCUT2D eigenvalue weighted by molar-refractivity contribution is 0.0495. The van der Waals surface area contributed by atoms with Gasteiger partial charge in [0.05, 0.1) is 16.8 Å². The topological polar surface area (TPSA) is 38.1 Å². The molecule has 0 bridgehead atoms.